The van der Waals surface area contributed by atoms with Crippen molar-refractivity contribution in [1.29, 1.82) is 0 Å². The molecule has 0 saturated heterocycles. The van der Waals surface area contributed by atoms with E-state index in [4.69, 9.17) is 4.74 Å². The number of benzene rings is 1. The van der Waals surface area contributed by atoms with Crippen LogP contribution in [0.1, 0.15) is 32.8 Å². The zero-order chi connectivity index (χ0) is 17.8. The number of nitrogens with one attached hydrogen (secondary N) is 2. The summed E-state index contributed by atoms with van der Waals surface area (Å²) >= 11 is 0. The molecule has 7 nitrogen and oxygen atoms in total. The molecule has 25 heavy (non-hydrogen) atoms. The van der Waals surface area contributed by atoms with Crippen LogP contribution in [0.3, 0.4) is 0 Å². The van der Waals surface area contributed by atoms with Crippen LogP contribution in [0.2, 0.25) is 0 Å². The molecule has 2 N–H and O–H groups in total. The maximum atomic E-state index is 10.6. The fourth-order valence-corrected chi connectivity index (χ4v) is 1.94. The van der Waals surface area contributed by atoms with Gasteiger partial charge in [-0.15, -0.1) is 24.0 Å². The summed E-state index contributed by atoms with van der Waals surface area (Å²) < 4.78 is 5.54. The number of halogens is 1. The van der Waals surface area contributed by atoms with Crippen molar-refractivity contribution in [3.05, 3.63) is 39.9 Å². The van der Waals surface area contributed by atoms with Crippen molar-refractivity contribution in [2.75, 3.05) is 26.3 Å². The van der Waals surface area contributed by atoms with E-state index in [9.17, 15) is 10.1 Å². The Morgan fingerprint density at radius 3 is 2.52 bits per heavy atom. The second kappa shape index (κ2) is 13.8. The fraction of sp³-hybridized carbons (Fsp3) is 0.588. The van der Waals surface area contributed by atoms with E-state index in [1.54, 1.807) is 12.1 Å². The van der Waals surface area contributed by atoms with Crippen LogP contribution in [0.15, 0.2) is 29.3 Å². The number of aliphatic imine (C=N–C) groups is 1. The zero-order valence-electron chi connectivity index (χ0n) is 15.2. The number of nitro benzene ring substituents is 1. The first-order valence-electron chi connectivity index (χ1n) is 8.36. The number of rotatable bonds is 10. The molecule has 0 saturated carbocycles. The van der Waals surface area contributed by atoms with Gasteiger partial charge < -0.3 is 15.4 Å². The molecule has 1 rings (SSSR count). The van der Waals surface area contributed by atoms with Gasteiger partial charge in [0.2, 0.25) is 0 Å². The molecule has 0 atom stereocenters. The van der Waals surface area contributed by atoms with E-state index in [0.717, 1.165) is 44.2 Å². The number of hydrogen-bond donors (Lipinski definition) is 2. The van der Waals surface area contributed by atoms with Crippen LogP contribution in [0.4, 0.5) is 5.69 Å². The molecule has 0 amide bonds. The quantitative estimate of drug-likeness (QED) is 0.139. The molecule has 0 bridgehead atoms. The van der Waals surface area contributed by atoms with E-state index in [1.165, 1.54) is 12.1 Å². The topological polar surface area (TPSA) is 88.8 Å². The first-order valence-corrected chi connectivity index (χ1v) is 8.36. The molecule has 1 aromatic carbocycles. The number of nitro groups is 1. The lowest BCUT2D eigenvalue weighted by Gasteiger charge is -2.12. The Morgan fingerprint density at radius 1 is 1.28 bits per heavy atom. The number of nitrogens with zero attached hydrogens (tertiary/aromatic N) is 2. The zero-order valence-corrected chi connectivity index (χ0v) is 17.5. The highest BCUT2D eigenvalue weighted by Crippen LogP contribution is 2.12. The molecule has 0 aliphatic carbocycles. The van der Waals surface area contributed by atoms with Crippen LogP contribution in [0.5, 0.6) is 0 Å². The highest BCUT2D eigenvalue weighted by Gasteiger charge is 2.04. The van der Waals surface area contributed by atoms with Gasteiger partial charge in [-0.2, -0.15) is 0 Å². The summed E-state index contributed by atoms with van der Waals surface area (Å²) in [5, 5.41) is 17.1. The Labute approximate surface area is 166 Å². The summed E-state index contributed by atoms with van der Waals surface area (Å²) in [6, 6.07) is 6.45. The molecule has 142 valence electrons. The maximum absolute atomic E-state index is 10.6. The van der Waals surface area contributed by atoms with Crippen LogP contribution in [0, 0.1) is 16.0 Å². The largest absolute Gasteiger partial charge is 0.381 e. The Bertz CT molecular complexity index is 521. The SMILES string of the molecule is CCNC(=NCc1ccc([N+](=O)[O-])cc1)NCCCOCC(C)C.I. The monoisotopic (exact) mass is 464 g/mol. The van der Waals surface area contributed by atoms with Gasteiger partial charge in [0.15, 0.2) is 5.96 Å². The predicted molar refractivity (Wildman–Crippen MR) is 112 cm³/mol. The summed E-state index contributed by atoms with van der Waals surface area (Å²) in [6.45, 7) is 9.81. The van der Waals surface area contributed by atoms with Crippen LogP contribution in [-0.4, -0.2) is 37.2 Å². The van der Waals surface area contributed by atoms with E-state index >= 15 is 0 Å². The van der Waals surface area contributed by atoms with E-state index in [0.29, 0.717) is 12.5 Å². The number of ether oxygens (including phenoxy) is 1. The minimum atomic E-state index is -0.403. The van der Waals surface area contributed by atoms with Gasteiger partial charge in [-0.3, -0.25) is 10.1 Å². The smallest absolute Gasteiger partial charge is 0.269 e. The summed E-state index contributed by atoms with van der Waals surface area (Å²) in [7, 11) is 0. The van der Waals surface area contributed by atoms with E-state index in [2.05, 4.69) is 29.5 Å². The molecule has 8 heteroatoms. The van der Waals surface area contributed by atoms with E-state index in [1.807, 2.05) is 6.92 Å². The first-order chi connectivity index (χ1) is 11.5. The van der Waals surface area contributed by atoms with Crippen LogP contribution < -0.4 is 10.6 Å². The van der Waals surface area contributed by atoms with E-state index in [-0.39, 0.29) is 29.7 Å². The van der Waals surface area contributed by atoms with Crippen molar-refractivity contribution in [1.82, 2.24) is 10.6 Å². The van der Waals surface area contributed by atoms with Gasteiger partial charge in [0.25, 0.3) is 5.69 Å². The Morgan fingerprint density at radius 2 is 1.96 bits per heavy atom. The number of hydrogen-bond acceptors (Lipinski definition) is 4. The molecule has 1 aromatic rings. The molecular weight excluding hydrogens is 435 g/mol. The third kappa shape index (κ3) is 10.9. The molecule has 0 aromatic heterocycles. The van der Waals surface area contributed by atoms with Gasteiger partial charge in [0.05, 0.1) is 11.5 Å². The molecule has 0 aliphatic heterocycles. The van der Waals surface area contributed by atoms with Crippen molar-refractivity contribution in [2.24, 2.45) is 10.9 Å². The number of non-ortho nitro benzene ring substituents is 1. The fourth-order valence-electron chi connectivity index (χ4n) is 1.94. The predicted octanol–water partition coefficient (Wildman–Crippen LogP) is 3.33. The lowest BCUT2D eigenvalue weighted by atomic mass is 10.2. The maximum Gasteiger partial charge on any atom is 0.269 e. The van der Waals surface area contributed by atoms with Crippen molar-refractivity contribution >= 4 is 35.6 Å². The Balaban J connectivity index is 0.00000576. The summed E-state index contributed by atoms with van der Waals surface area (Å²) in [5.74, 6) is 1.29. The lowest BCUT2D eigenvalue weighted by Crippen LogP contribution is -2.38. The molecule has 0 unspecified atom stereocenters. The molecule has 0 radical (unpaired) electrons. The molecule has 0 aliphatic rings. The Kier molecular flexibility index (Phi) is 13.0. The van der Waals surface area contributed by atoms with Gasteiger partial charge in [-0.1, -0.05) is 26.0 Å². The highest BCUT2D eigenvalue weighted by atomic mass is 127. The lowest BCUT2D eigenvalue weighted by molar-refractivity contribution is -0.384. The standard InChI is InChI=1S/C17H28N4O3.HI/c1-4-18-17(19-10-5-11-24-13-14(2)3)20-12-15-6-8-16(9-7-15)21(22)23;/h6-9,14H,4-5,10-13H2,1-3H3,(H2,18,19,20);1H. The summed E-state index contributed by atoms with van der Waals surface area (Å²) in [6.07, 6.45) is 0.911. The van der Waals surface area contributed by atoms with Gasteiger partial charge in [-0.25, -0.2) is 4.99 Å². The van der Waals surface area contributed by atoms with Crippen molar-refractivity contribution in [3.63, 3.8) is 0 Å². The second-order valence-corrected chi connectivity index (χ2v) is 5.87. The average Bonchev–Trinajstić information content (AvgIpc) is 2.55. The Hall–Kier alpha value is -1.42. The van der Waals surface area contributed by atoms with Crippen LogP contribution >= 0.6 is 24.0 Å². The van der Waals surface area contributed by atoms with Crippen LogP contribution in [-0.2, 0) is 11.3 Å². The average molecular weight is 464 g/mol. The van der Waals surface area contributed by atoms with Gasteiger partial charge in [0, 0.05) is 38.4 Å². The van der Waals surface area contributed by atoms with Gasteiger partial charge in [0.1, 0.15) is 0 Å². The summed E-state index contributed by atoms with van der Waals surface area (Å²) in [5.41, 5.74) is 1.02. The second-order valence-electron chi connectivity index (χ2n) is 5.87. The third-order valence-electron chi connectivity index (χ3n) is 3.12. The first kappa shape index (κ1) is 23.6. The van der Waals surface area contributed by atoms with Crippen molar-refractivity contribution < 1.29 is 9.66 Å². The molecule has 0 heterocycles. The van der Waals surface area contributed by atoms with Crippen molar-refractivity contribution in [2.45, 2.75) is 33.7 Å². The third-order valence-corrected chi connectivity index (χ3v) is 3.12. The van der Waals surface area contributed by atoms with Gasteiger partial charge in [-0.05, 0) is 24.8 Å². The number of guanidine groups is 1. The summed E-state index contributed by atoms with van der Waals surface area (Å²) in [4.78, 5) is 14.7. The normalized spacial score (nSPS) is 11.1. The molecule has 0 fully saturated rings. The minimum absolute atomic E-state index is 0. The van der Waals surface area contributed by atoms with Gasteiger partial charge >= 0.3 is 0 Å². The van der Waals surface area contributed by atoms with Crippen molar-refractivity contribution in [3.8, 4) is 0 Å². The molecular formula is C17H29IN4O3. The van der Waals surface area contributed by atoms with Crippen LogP contribution in [0.25, 0.3) is 0 Å². The highest BCUT2D eigenvalue weighted by molar-refractivity contribution is 14.0. The minimum Gasteiger partial charge on any atom is -0.381 e. The molecule has 0 spiro atoms. The van der Waals surface area contributed by atoms with E-state index < -0.39 is 4.92 Å².